The third kappa shape index (κ3) is 2.93. The van der Waals surface area contributed by atoms with Crippen molar-refractivity contribution in [2.75, 3.05) is 26.3 Å². The highest BCUT2D eigenvalue weighted by atomic mass is 79.9. The normalized spacial score (nSPS) is 21.4. The largest absolute Gasteiger partial charge is 0.346 e. The fourth-order valence-electron chi connectivity index (χ4n) is 2.75. The number of halogens is 2. The number of ether oxygens (including phenoxy) is 2. The Bertz CT molecular complexity index is 509. The second-order valence-electron chi connectivity index (χ2n) is 5.10. The Morgan fingerprint density at radius 3 is 2.45 bits per heavy atom. The Labute approximate surface area is 134 Å². The maximum atomic E-state index is 12.6. The van der Waals surface area contributed by atoms with Crippen LogP contribution in [-0.4, -0.2) is 42.9 Å². The summed E-state index contributed by atoms with van der Waals surface area (Å²) in [5, 5.41) is 0. The number of carbonyl (C=O) groups is 1. The SMILES string of the molecule is O=C(c1cc(Br)cc(Br)c1)N1CCCC2(C1)OCCO2. The maximum Gasteiger partial charge on any atom is 0.254 e. The molecule has 2 saturated heterocycles. The number of hydrogen-bond acceptors (Lipinski definition) is 3. The fraction of sp³-hybridized carbons (Fsp3) is 0.500. The van der Waals surface area contributed by atoms with Crippen molar-refractivity contribution in [3.63, 3.8) is 0 Å². The molecule has 0 aromatic heterocycles. The molecule has 108 valence electrons. The first-order valence-electron chi connectivity index (χ1n) is 6.61. The van der Waals surface area contributed by atoms with Crippen LogP contribution in [0.2, 0.25) is 0 Å². The zero-order valence-corrected chi connectivity index (χ0v) is 14.1. The van der Waals surface area contributed by atoms with Crippen molar-refractivity contribution in [3.8, 4) is 0 Å². The lowest BCUT2D eigenvalue weighted by molar-refractivity contribution is -0.183. The molecule has 1 amide bonds. The summed E-state index contributed by atoms with van der Waals surface area (Å²) >= 11 is 6.83. The lowest BCUT2D eigenvalue weighted by Gasteiger charge is -2.38. The minimum atomic E-state index is -0.572. The minimum absolute atomic E-state index is 0.0187. The Hall–Kier alpha value is -0.430. The Morgan fingerprint density at radius 1 is 1.15 bits per heavy atom. The van der Waals surface area contributed by atoms with Gasteiger partial charge < -0.3 is 14.4 Å². The number of piperidine rings is 1. The molecule has 0 aliphatic carbocycles. The summed E-state index contributed by atoms with van der Waals surface area (Å²) < 4.78 is 13.2. The molecule has 1 spiro atoms. The molecular weight excluding hydrogens is 390 g/mol. The lowest BCUT2D eigenvalue weighted by atomic mass is 10.0. The molecule has 2 aliphatic heterocycles. The molecular formula is C14H15Br2NO3. The van der Waals surface area contributed by atoms with Gasteiger partial charge in [-0.3, -0.25) is 4.79 Å². The van der Waals surface area contributed by atoms with Crippen LogP contribution >= 0.6 is 31.9 Å². The molecule has 1 aromatic carbocycles. The van der Waals surface area contributed by atoms with E-state index in [1.165, 1.54) is 0 Å². The summed E-state index contributed by atoms with van der Waals surface area (Å²) in [6.45, 7) is 2.49. The zero-order valence-electron chi connectivity index (χ0n) is 10.9. The molecule has 6 heteroatoms. The molecule has 0 radical (unpaired) electrons. The predicted molar refractivity (Wildman–Crippen MR) is 81.6 cm³/mol. The monoisotopic (exact) mass is 403 g/mol. The van der Waals surface area contributed by atoms with Crippen molar-refractivity contribution in [1.82, 2.24) is 4.90 Å². The number of hydrogen-bond donors (Lipinski definition) is 0. The summed E-state index contributed by atoms with van der Waals surface area (Å²) in [5.41, 5.74) is 0.668. The van der Waals surface area contributed by atoms with Crippen molar-refractivity contribution in [2.45, 2.75) is 18.6 Å². The standard InChI is InChI=1S/C14H15Br2NO3/c15-11-6-10(7-12(16)8-11)13(18)17-3-1-2-14(9-17)19-4-5-20-14/h6-8H,1-5,9H2. The van der Waals surface area contributed by atoms with Crippen LogP contribution in [0, 0.1) is 0 Å². The summed E-state index contributed by atoms with van der Waals surface area (Å²) in [4.78, 5) is 14.4. The van der Waals surface area contributed by atoms with Gasteiger partial charge >= 0.3 is 0 Å². The Balaban J connectivity index is 1.79. The highest BCUT2D eigenvalue weighted by Gasteiger charge is 2.42. The van der Waals surface area contributed by atoms with Gasteiger partial charge in [-0.25, -0.2) is 0 Å². The molecule has 0 N–H and O–H groups in total. The number of rotatable bonds is 1. The van der Waals surface area contributed by atoms with E-state index < -0.39 is 5.79 Å². The van der Waals surface area contributed by atoms with Crippen LogP contribution in [-0.2, 0) is 9.47 Å². The van der Waals surface area contributed by atoms with E-state index in [-0.39, 0.29) is 5.91 Å². The molecule has 0 atom stereocenters. The summed E-state index contributed by atoms with van der Waals surface area (Å²) in [7, 11) is 0. The van der Waals surface area contributed by atoms with Crippen LogP contribution in [0.15, 0.2) is 27.1 Å². The van der Waals surface area contributed by atoms with Crippen LogP contribution in [0.3, 0.4) is 0 Å². The quantitative estimate of drug-likeness (QED) is 0.721. The van der Waals surface area contributed by atoms with E-state index in [2.05, 4.69) is 31.9 Å². The van der Waals surface area contributed by atoms with Gasteiger partial charge in [-0.15, -0.1) is 0 Å². The van der Waals surface area contributed by atoms with Gasteiger partial charge in [0.15, 0.2) is 5.79 Å². The van der Waals surface area contributed by atoms with E-state index in [4.69, 9.17) is 9.47 Å². The number of carbonyl (C=O) groups excluding carboxylic acids is 1. The van der Waals surface area contributed by atoms with Crippen molar-refractivity contribution in [1.29, 1.82) is 0 Å². The number of nitrogens with zero attached hydrogens (tertiary/aromatic N) is 1. The van der Waals surface area contributed by atoms with Gasteiger partial charge in [0.05, 0.1) is 19.8 Å². The average molecular weight is 405 g/mol. The number of likely N-dealkylation sites (tertiary alicyclic amines) is 1. The van der Waals surface area contributed by atoms with Crippen molar-refractivity contribution >= 4 is 37.8 Å². The van der Waals surface area contributed by atoms with Crippen LogP contribution in [0.4, 0.5) is 0 Å². The zero-order chi connectivity index (χ0) is 14.2. The molecule has 20 heavy (non-hydrogen) atoms. The van der Waals surface area contributed by atoms with E-state index in [0.29, 0.717) is 25.3 Å². The van der Waals surface area contributed by atoms with E-state index in [9.17, 15) is 4.79 Å². The minimum Gasteiger partial charge on any atom is -0.346 e. The summed E-state index contributed by atoms with van der Waals surface area (Å²) in [5.74, 6) is -0.554. The second-order valence-corrected chi connectivity index (χ2v) is 6.93. The highest BCUT2D eigenvalue weighted by Crippen LogP contribution is 2.31. The van der Waals surface area contributed by atoms with Gasteiger partial charge in [-0.2, -0.15) is 0 Å². The number of benzene rings is 1. The Kier molecular flexibility index (Phi) is 4.17. The second kappa shape index (κ2) is 5.75. The van der Waals surface area contributed by atoms with Crippen molar-refractivity contribution in [3.05, 3.63) is 32.7 Å². The molecule has 0 bridgehead atoms. The van der Waals surface area contributed by atoms with Crippen molar-refractivity contribution < 1.29 is 14.3 Å². The first-order chi connectivity index (χ1) is 9.58. The first kappa shape index (κ1) is 14.5. The van der Waals surface area contributed by atoms with Gasteiger partial charge in [0.25, 0.3) is 5.91 Å². The first-order valence-corrected chi connectivity index (χ1v) is 8.20. The van der Waals surface area contributed by atoms with Crippen LogP contribution < -0.4 is 0 Å². The smallest absolute Gasteiger partial charge is 0.254 e. The van der Waals surface area contributed by atoms with Gasteiger partial charge in [0.1, 0.15) is 0 Å². The van der Waals surface area contributed by atoms with Crippen LogP contribution in [0.25, 0.3) is 0 Å². The molecule has 1 aromatic rings. The third-order valence-electron chi connectivity index (χ3n) is 3.63. The van der Waals surface area contributed by atoms with E-state index in [1.807, 2.05) is 23.1 Å². The van der Waals surface area contributed by atoms with E-state index >= 15 is 0 Å². The van der Waals surface area contributed by atoms with E-state index in [0.717, 1.165) is 28.3 Å². The van der Waals surface area contributed by atoms with Gasteiger partial charge in [-0.05, 0) is 24.6 Å². The van der Waals surface area contributed by atoms with Crippen LogP contribution in [0.1, 0.15) is 23.2 Å². The van der Waals surface area contributed by atoms with Gasteiger partial charge in [0.2, 0.25) is 0 Å². The van der Waals surface area contributed by atoms with Gasteiger partial charge in [0, 0.05) is 27.5 Å². The molecule has 2 aliphatic rings. The molecule has 4 nitrogen and oxygen atoms in total. The molecule has 0 unspecified atom stereocenters. The maximum absolute atomic E-state index is 12.6. The topological polar surface area (TPSA) is 38.8 Å². The molecule has 2 fully saturated rings. The average Bonchev–Trinajstić information content (AvgIpc) is 2.85. The summed E-state index contributed by atoms with van der Waals surface area (Å²) in [6, 6.07) is 5.59. The van der Waals surface area contributed by atoms with Gasteiger partial charge in [-0.1, -0.05) is 31.9 Å². The fourth-order valence-corrected chi connectivity index (χ4v) is 4.05. The summed E-state index contributed by atoms with van der Waals surface area (Å²) in [6.07, 6.45) is 1.76. The third-order valence-corrected chi connectivity index (χ3v) is 4.54. The molecule has 3 rings (SSSR count). The Morgan fingerprint density at radius 2 is 1.80 bits per heavy atom. The lowest BCUT2D eigenvalue weighted by Crippen LogP contribution is -2.51. The molecule has 2 heterocycles. The number of amides is 1. The highest BCUT2D eigenvalue weighted by molar-refractivity contribution is 9.11. The molecule has 0 saturated carbocycles. The predicted octanol–water partition coefficient (Wildman–Crippen LogP) is 3.19. The van der Waals surface area contributed by atoms with E-state index in [1.54, 1.807) is 0 Å². The van der Waals surface area contributed by atoms with Crippen molar-refractivity contribution in [2.24, 2.45) is 0 Å². The van der Waals surface area contributed by atoms with Crippen LogP contribution in [0.5, 0.6) is 0 Å².